The summed E-state index contributed by atoms with van der Waals surface area (Å²) in [6.07, 6.45) is 0. The van der Waals surface area contributed by atoms with Gasteiger partial charge < -0.3 is 19.0 Å². The van der Waals surface area contributed by atoms with E-state index in [1.807, 2.05) is 13.8 Å². The van der Waals surface area contributed by atoms with Crippen LogP contribution in [0.4, 0.5) is 5.69 Å². The molecule has 0 saturated carbocycles. The van der Waals surface area contributed by atoms with Gasteiger partial charge in [0.25, 0.3) is 11.6 Å². The largest absolute Gasteiger partial charge is 0.497 e. The zero-order valence-corrected chi connectivity index (χ0v) is 18.7. The molecule has 4 rings (SSSR count). The van der Waals surface area contributed by atoms with Crippen molar-refractivity contribution < 1.29 is 18.9 Å². The van der Waals surface area contributed by atoms with Gasteiger partial charge in [0, 0.05) is 31.3 Å². The molecule has 9 heteroatoms. The maximum atomic E-state index is 13.5. The molecule has 3 aromatic rings. The summed E-state index contributed by atoms with van der Waals surface area (Å²) in [6.45, 7) is 6.64. The van der Waals surface area contributed by atoms with Gasteiger partial charge >= 0.3 is 0 Å². The number of carbonyl (C=O) groups is 1. The normalized spacial score (nSPS) is 15.3. The third-order valence-corrected chi connectivity index (χ3v) is 6.12. The maximum Gasteiger partial charge on any atom is 0.290 e. The number of likely N-dealkylation sites (N-methyl/N-ethyl adjacent to an activating group) is 1. The Balaban J connectivity index is 1.90. The predicted molar refractivity (Wildman–Crippen MR) is 123 cm³/mol. The van der Waals surface area contributed by atoms with E-state index in [0.717, 1.165) is 13.1 Å². The Labute approximate surface area is 190 Å². The topological polar surface area (TPSA) is 106 Å². The van der Waals surface area contributed by atoms with E-state index in [1.165, 1.54) is 19.2 Å². The van der Waals surface area contributed by atoms with Gasteiger partial charge in [-0.2, -0.15) is 0 Å². The molecule has 0 fully saturated rings. The van der Waals surface area contributed by atoms with Gasteiger partial charge in [-0.25, -0.2) is 0 Å². The highest BCUT2D eigenvalue weighted by Crippen LogP contribution is 2.39. The minimum atomic E-state index is -0.772. The number of carbonyl (C=O) groups excluding carboxylic acids is 1. The standard InChI is InChI=1S/C24H25N3O6/c1-4-25(5-2)11-12-26-21(15-7-6-8-16(13-15)27(30)31)20-22(28)18-10-9-17(32-3)14-19(18)33-23(20)24(26)29/h6-10,13-14,21H,4-5,11-12H2,1-3H3. The van der Waals surface area contributed by atoms with Crippen LogP contribution in [-0.2, 0) is 0 Å². The van der Waals surface area contributed by atoms with Crippen molar-refractivity contribution >= 4 is 22.6 Å². The number of amides is 1. The monoisotopic (exact) mass is 451 g/mol. The molecule has 1 amide bonds. The van der Waals surface area contributed by atoms with E-state index in [-0.39, 0.29) is 28.0 Å². The van der Waals surface area contributed by atoms with Gasteiger partial charge in [-0.05, 0) is 30.8 Å². The Bertz CT molecular complexity index is 1280. The predicted octanol–water partition coefficient (Wildman–Crippen LogP) is 3.60. The Morgan fingerprint density at radius 2 is 1.91 bits per heavy atom. The molecule has 9 nitrogen and oxygen atoms in total. The number of hydrogen-bond acceptors (Lipinski definition) is 7. The van der Waals surface area contributed by atoms with Crippen LogP contribution in [-0.4, -0.2) is 53.9 Å². The van der Waals surface area contributed by atoms with E-state index in [1.54, 1.807) is 35.2 Å². The molecule has 0 radical (unpaired) electrons. The zero-order chi connectivity index (χ0) is 23.7. The van der Waals surface area contributed by atoms with E-state index in [0.29, 0.717) is 29.8 Å². The van der Waals surface area contributed by atoms with Crippen LogP contribution in [0.3, 0.4) is 0 Å². The van der Waals surface area contributed by atoms with Crippen LogP contribution in [0.1, 0.15) is 41.6 Å². The maximum absolute atomic E-state index is 13.5. The number of hydrogen-bond donors (Lipinski definition) is 0. The molecule has 0 aliphatic carbocycles. The van der Waals surface area contributed by atoms with E-state index in [9.17, 15) is 19.7 Å². The third-order valence-electron chi connectivity index (χ3n) is 6.12. The second-order valence-electron chi connectivity index (χ2n) is 7.82. The molecule has 172 valence electrons. The summed E-state index contributed by atoms with van der Waals surface area (Å²) in [5, 5.41) is 11.7. The van der Waals surface area contributed by atoms with Gasteiger partial charge in [-0.3, -0.25) is 19.7 Å². The first-order valence-corrected chi connectivity index (χ1v) is 10.8. The summed E-state index contributed by atoms with van der Waals surface area (Å²) < 4.78 is 11.2. The SMILES string of the molecule is CCN(CC)CCN1C(=O)c2oc3cc(OC)ccc3c(=O)c2C1c1cccc([N+](=O)[O-])c1. The Kier molecular flexibility index (Phi) is 6.15. The second kappa shape index (κ2) is 9.03. The fraction of sp³-hybridized carbons (Fsp3) is 0.333. The molecule has 0 spiro atoms. The average molecular weight is 451 g/mol. The van der Waals surface area contributed by atoms with Crippen LogP contribution < -0.4 is 10.2 Å². The number of rotatable bonds is 8. The Hall–Kier alpha value is -3.72. The van der Waals surface area contributed by atoms with Crippen molar-refractivity contribution in [1.82, 2.24) is 9.80 Å². The first-order valence-electron chi connectivity index (χ1n) is 10.8. The van der Waals surface area contributed by atoms with Crippen LogP contribution in [0, 0.1) is 10.1 Å². The Morgan fingerprint density at radius 1 is 1.15 bits per heavy atom. The summed E-state index contributed by atoms with van der Waals surface area (Å²) in [6, 6.07) is 10.1. The molecule has 0 saturated heterocycles. The number of ether oxygens (including phenoxy) is 1. The van der Waals surface area contributed by atoms with Crippen molar-refractivity contribution in [2.24, 2.45) is 0 Å². The van der Waals surface area contributed by atoms with E-state index < -0.39 is 16.9 Å². The summed E-state index contributed by atoms with van der Waals surface area (Å²) in [5.74, 6) is 0.0666. The van der Waals surface area contributed by atoms with Crippen molar-refractivity contribution in [2.75, 3.05) is 33.3 Å². The average Bonchev–Trinajstić information content (AvgIpc) is 3.11. The minimum Gasteiger partial charge on any atom is -0.497 e. The van der Waals surface area contributed by atoms with Gasteiger partial charge in [0.15, 0.2) is 5.43 Å². The quantitative estimate of drug-likeness (QED) is 0.380. The van der Waals surface area contributed by atoms with Crippen molar-refractivity contribution in [3.8, 4) is 5.75 Å². The lowest BCUT2D eigenvalue weighted by Gasteiger charge is -2.28. The number of fused-ring (bicyclic) bond motifs is 2. The lowest BCUT2D eigenvalue weighted by Crippen LogP contribution is -2.37. The molecule has 1 atom stereocenters. The molecule has 33 heavy (non-hydrogen) atoms. The molecule has 2 aromatic carbocycles. The van der Waals surface area contributed by atoms with Gasteiger partial charge in [0.05, 0.1) is 29.0 Å². The smallest absolute Gasteiger partial charge is 0.290 e. The molecular weight excluding hydrogens is 426 g/mol. The second-order valence-corrected chi connectivity index (χ2v) is 7.82. The lowest BCUT2D eigenvalue weighted by atomic mass is 9.98. The fourth-order valence-corrected chi connectivity index (χ4v) is 4.30. The molecule has 2 heterocycles. The van der Waals surface area contributed by atoms with Gasteiger partial charge in [-0.1, -0.05) is 26.0 Å². The summed E-state index contributed by atoms with van der Waals surface area (Å²) in [5.41, 5.74) is 0.527. The first kappa shape index (κ1) is 22.5. The van der Waals surface area contributed by atoms with Gasteiger partial charge in [0.2, 0.25) is 5.76 Å². The molecular formula is C24H25N3O6. The summed E-state index contributed by atoms with van der Waals surface area (Å²) in [4.78, 5) is 41.6. The highest BCUT2D eigenvalue weighted by Gasteiger charge is 2.43. The Morgan fingerprint density at radius 3 is 2.58 bits per heavy atom. The van der Waals surface area contributed by atoms with Gasteiger partial charge in [0.1, 0.15) is 11.3 Å². The molecule has 1 unspecified atom stereocenters. The number of non-ortho nitro benzene ring substituents is 1. The van der Waals surface area contributed by atoms with Crippen molar-refractivity contribution in [3.63, 3.8) is 0 Å². The molecule has 0 bridgehead atoms. The van der Waals surface area contributed by atoms with Crippen LogP contribution in [0.15, 0.2) is 51.7 Å². The summed E-state index contributed by atoms with van der Waals surface area (Å²) in [7, 11) is 1.51. The van der Waals surface area contributed by atoms with E-state index in [4.69, 9.17) is 9.15 Å². The minimum absolute atomic E-state index is 0.0307. The number of methoxy groups -OCH3 is 1. The number of nitro benzene ring substituents is 1. The highest BCUT2D eigenvalue weighted by molar-refractivity contribution is 5.99. The molecule has 1 aliphatic rings. The fourth-order valence-electron chi connectivity index (χ4n) is 4.30. The van der Waals surface area contributed by atoms with Gasteiger partial charge in [-0.15, -0.1) is 0 Å². The van der Waals surface area contributed by atoms with Crippen molar-refractivity contribution in [1.29, 1.82) is 0 Å². The highest BCUT2D eigenvalue weighted by atomic mass is 16.6. The van der Waals surface area contributed by atoms with Crippen molar-refractivity contribution in [2.45, 2.75) is 19.9 Å². The number of nitro groups is 1. The number of nitrogens with zero attached hydrogens (tertiary/aromatic N) is 3. The zero-order valence-electron chi connectivity index (χ0n) is 18.7. The molecule has 1 aliphatic heterocycles. The number of benzene rings is 2. The van der Waals surface area contributed by atoms with Crippen LogP contribution >= 0.6 is 0 Å². The third kappa shape index (κ3) is 3.95. The first-order chi connectivity index (χ1) is 15.9. The molecule has 0 N–H and O–H groups in total. The summed E-state index contributed by atoms with van der Waals surface area (Å²) >= 11 is 0. The van der Waals surface area contributed by atoms with E-state index in [2.05, 4.69) is 4.90 Å². The van der Waals surface area contributed by atoms with Crippen molar-refractivity contribution in [3.05, 3.63) is 79.7 Å². The molecule has 1 aromatic heterocycles. The van der Waals surface area contributed by atoms with Crippen LogP contribution in [0.5, 0.6) is 5.75 Å². The van der Waals surface area contributed by atoms with E-state index >= 15 is 0 Å². The van der Waals surface area contributed by atoms with Crippen LogP contribution in [0.25, 0.3) is 11.0 Å². The van der Waals surface area contributed by atoms with Crippen LogP contribution in [0.2, 0.25) is 0 Å². The lowest BCUT2D eigenvalue weighted by molar-refractivity contribution is -0.384.